The van der Waals surface area contributed by atoms with Crippen LogP contribution in [0.25, 0.3) is 11.3 Å². The summed E-state index contributed by atoms with van der Waals surface area (Å²) < 4.78 is 38.1. The molecule has 0 atom stereocenters. The molecule has 168 valence electrons. The SMILES string of the molecule is NC(=O)Cc1ccc(-c2[nH]ncc2CN2CCN(c3ccc(C(F)(F)F)nc3)CC2)cc1. The van der Waals surface area contributed by atoms with Crippen molar-refractivity contribution >= 4 is 11.6 Å². The molecule has 1 saturated heterocycles. The molecule has 3 heterocycles. The highest BCUT2D eigenvalue weighted by Gasteiger charge is 2.32. The second-order valence-electron chi connectivity index (χ2n) is 7.77. The van der Waals surface area contributed by atoms with Crippen LogP contribution in [-0.2, 0) is 23.9 Å². The van der Waals surface area contributed by atoms with Crippen LogP contribution in [0, 0.1) is 0 Å². The van der Waals surface area contributed by atoms with Crippen molar-refractivity contribution < 1.29 is 18.0 Å². The summed E-state index contributed by atoms with van der Waals surface area (Å²) in [4.78, 5) is 18.9. The first-order valence-electron chi connectivity index (χ1n) is 10.2. The number of aromatic nitrogens is 3. The first-order chi connectivity index (χ1) is 15.3. The fourth-order valence-corrected chi connectivity index (χ4v) is 3.82. The van der Waals surface area contributed by atoms with Crippen LogP contribution in [0.5, 0.6) is 0 Å². The summed E-state index contributed by atoms with van der Waals surface area (Å²) in [6, 6.07) is 10.1. The van der Waals surface area contributed by atoms with E-state index in [1.807, 2.05) is 29.2 Å². The number of halogens is 3. The van der Waals surface area contributed by atoms with Crippen LogP contribution < -0.4 is 10.6 Å². The molecule has 10 heteroatoms. The molecule has 7 nitrogen and oxygen atoms in total. The van der Waals surface area contributed by atoms with Crippen molar-refractivity contribution in [3.8, 4) is 11.3 Å². The van der Waals surface area contributed by atoms with E-state index in [1.165, 1.54) is 12.3 Å². The van der Waals surface area contributed by atoms with Gasteiger partial charge in [0.15, 0.2) is 0 Å². The predicted octanol–water partition coefficient (Wildman–Crippen LogP) is 2.84. The maximum atomic E-state index is 12.7. The average Bonchev–Trinajstić information content (AvgIpc) is 3.22. The lowest BCUT2D eigenvalue weighted by molar-refractivity contribution is -0.141. The Kier molecular flexibility index (Phi) is 6.13. The van der Waals surface area contributed by atoms with Gasteiger partial charge in [0.05, 0.1) is 30.2 Å². The summed E-state index contributed by atoms with van der Waals surface area (Å²) in [6.07, 6.45) is -1.14. The van der Waals surface area contributed by atoms with Crippen LogP contribution in [0.15, 0.2) is 48.8 Å². The Morgan fingerprint density at radius 1 is 1.03 bits per heavy atom. The summed E-state index contributed by atoms with van der Waals surface area (Å²) in [6.45, 7) is 3.63. The van der Waals surface area contributed by atoms with Gasteiger partial charge in [-0.15, -0.1) is 0 Å². The van der Waals surface area contributed by atoms with E-state index >= 15 is 0 Å². The Hall–Kier alpha value is -3.40. The molecule has 3 aromatic rings. The lowest BCUT2D eigenvalue weighted by Gasteiger charge is -2.36. The van der Waals surface area contributed by atoms with Crippen molar-refractivity contribution in [1.82, 2.24) is 20.1 Å². The summed E-state index contributed by atoms with van der Waals surface area (Å²) in [7, 11) is 0. The molecule has 1 aliphatic rings. The summed E-state index contributed by atoms with van der Waals surface area (Å²) in [5.74, 6) is -0.369. The lowest BCUT2D eigenvalue weighted by atomic mass is 10.0. The number of primary amides is 1. The number of anilines is 1. The number of hydrogen-bond acceptors (Lipinski definition) is 5. The van der Waals surface area contributed by atoms with Gasteiger partial charge in [-0.1, -0.05) is 24.3 Å². The van der Waals surface area contributed by atoms with Crippen LogP contribution in [-0.4, -0.2) is 52.2 Å². The summed E-state index contributed by atoms with van der Waals surface area (Å²) in [5, 5.41) is 7.23. The van der Waals surface area contributed by atoms with E-state index in [2.05, 4.69) is 20.1 Å². The van der Waals surface area contributed by atoms with Crippen LogP contribution >= 0.6 is 0 Å². The Balaban J connectivity index is 1.36. The van der Waals surface area contributed by atoms with Crippen molar-refractivity contribution in [2.45, 2.75) is 19.1 Å². The van der Waals surface area contributed by atoms with Gasteiger partial charge < -0.3 is 10.6 Å². The number of carbonyl (C=O) groups excluding carboxylic acids is 1. The molecule has 1 aliphatic heterocycles. The van der Waals surface area contributed by atoms with Crippen molar-refractivity contribution in [2.24, 2.45) is 5.73 Å². The van der Waals surface area contributed by atoms with Gasteiger partial charge in [-0.05, 0) is 23.3 Å². The smallest absolute Gasteiger partial charge is 0.369 e. The van der Waals surface area contributed by atoms with Crippen LogP contribution in [0.1, 0.15) is 16.8 Å². The third-order valence-corrected chi connectivity index (χ3v) is 5.51. The van der Waals surface area contributed by atoms with E-state index in [1.54, 1.807) is 6.20 Å². The molecule has 4 rings (SSSR count). The molecule has 3 N–H and O–H groups in total. The Bertz CT molecular complexity index is 1050. The molecule has 1 aromatic carbocycles. The van der Waals surface area contributed by atoms with E-state index in [4.69, 9.17) is 5.73 Å². The standard InChI is InChI=1S/C22H23F3N6O/c23-22(24,25)19-6-5-18(13-27-19)31-9-7-30(8-10-31)14-17-12-28-29-21(17)16-3-1-15(2-4-16)11-20(26)32/h1-6,12-13H,7-11,14H2,(H2,26,32)(H,28,29). The summed E-state index contributed by atoms with van der Waals surface area (Å²) in [5.41, 5.74) is 8.86. The number of H-pyrrole nitrogens is 1. The molecule has 32 heavy (non-hydrogen) atoms. The number of nitrogens with one attached hydrogen (secondary N) is 1. The number of alkyl halides is 3. The molecule has 1 amide bonds. The van der Waals surface area contributed by atoms with Crippen molar-refractivity contribution in [2.75, 3.05) is 31.1 Å². The molecule has 0 saturated carbocycles. The number of pyridine rings is 1. The van der Waals surface area contributed by atoms with E-state index < -0.39 is 11.9 Å². The first-order valence-corrected chi connectivity index (χ1v) is 10.2. The van der Waals surface area contributed by atoms with Gasteiger partial charge in [0.1, 0.15) is 5.69 Å². The zero-order valence-corrected chi connectivity index (χ0v) is 17.3. The fraction of sp³-hybridized carbons (Fsp3) is 0.318. The predicted molar refractivity (Wildman–Crippen MR) is 114 cm³/mol. The third kappa shape index (κ3) is 5.08. The van der Waals surface area contributed by atoms with Gasteiger partial charge in [-0.25, -0.2) is 4.98 Å². The Morgan fingerprint density at radius 3 is 2.34 bits per heavy atom. The highest BCUT2D eigenvalue weighted by Crippen LogP contribution is 2.29. The minimum Gasteiger partial charge on any atom is -0.369 e. The quantitative estimate of drug-likeness (QED) is 0.610. The number of nitrogens with two attached hydrogens (primary N) is 1. The Morgan fingerprint density at radius 2 is 1.75 bits per heavy atom. The minimum absolute atomic E-state index is 0.203. The van der Waals surface area contributed by atoms with Gasteiger partial charge in [0.2, 0.25) is 5.91 Å². The zero-order valence-electron chi connectivity index (χ0n) is 17.3. The van der Waals surface area contributed by atoms with Crippen LogP contribution in [0.2, 0.25) is 0 Å². The highest BCUT2D eigenvalue weighted by molar-refractivity contribution is 5.77. The molecule has 0 unspecified atom stereocenters. The maximum Gasteiger partial charge on any atom is 0.433 e. The van der Waals surface area contributed by atoms with E-state index in [-0.39, 0.29) is 12.3 Å². The second-order valence-corrected chi connectivity index (χ2v) is 7.77. The molecular formula is C22H23F3N6O. The number of piperazine rings is 1. The second kappa shape index (κ2) is 8.99. The number of hydrogen-bond donors (Lipinski definition) is 2. The van der Waals surface area contributed by atoms with Crippen molar-refractivity contribution in [3.63, 3.8) is 0 Å². The number of rotatable bonds is 6. The zero-order chi connectivity index (χ0) is 22.7. The highest BCUT2D eigenvalue weighted by atomic mass is 19.4. The molecule has 1 fully saturated rings. The topological polar surface area (TPSA) is 91.1 Å². The molecular weight excluding hydrogens is 421 g/mol. The van der Waals surface area contributed by atoms with Gasteiger partial charge in [-0.3, -0.25) is 14.8 Å². The Labute approximate surface area is 183 Å². The van der Waals surface area contributed by atoms with Crippen molar-refractivity contribution in [1.29, 1.82) is 0 Å². The molecule has 0 aliphatic carbocycles. The largest absolute Gasteiger partial charge is 0.433 e. The fourth-order valence-electron chi connectivity index (χ4n) is 3.82. The van der Waals surface area contributed by atoms with E-state index in [0.29, 0.717) is 25.3 Å². The molecule has 0 radical (unpaired) electrons. The average molecular weight is 444 g/mol. The van der Waals surface area contributed by atoms with Crippen LogP contribution in [0.4, 0.5) is 18.9 Å². The monoisotopic (exact) mass is 444 g/mol. The van der Waals surface area contributed by atoms with E-state index in [9.17, 15) is 18.0 Å². The lowest BCUT2D eigenvalue weighted by Crippen LogP contribution is -2.46. The van der Waals surface area contributed by atoms with E-state index in [0.717, 1.165) is 41.5 Å². The first kappa shape index (κ1) is 21.8. The van der Waals surface area contributed by atoms with Gasteiger partial charge in [-0.2, -0.15) is 18.3 Å². The number of aromatic amines is 1. The van der Waals surface area contributed by atoms with Gasteiger partial charge in [0.25, 0.3) is 0 Å². The normalized spacial score (nSPS) is 15.2. The maximum absolute atomic E-state index is 12.7. The van der Waals surface area contributed by atoms with Gasteiger partial charge in [0, 0.05) is 38.3 Å². The number of amides is 1. The third-order valence-electron chi connectivity index (χ3n) is 5.51. The van der Waals surface area contributed by atoms with Crippen molar-refractivity contribution in [3.05, 3.63) is 65.6 Å². The van der Waals surface area contributed by atoms with Crippen LogP contribution in [0.3, 0.4) is 0 Å². The number of benzene rings is 1. The number of carbonyl (C=O) groups is 1. The van der Waals surface area contributed by atoms with Gasteiger partial charge >= 0.3 is 6.18 Å². The minimum atomic E-state index is -4.43. The molecule has 0 bridgehead atoms. The molecule has 0 spiro atoms. The molecule has 2 aromatic heterocycles. The summed E-state index contributed by atoms with van der Waals surface area (Å²) >= 11 is 0. The number of nitrogens with zero attached hydrogens (tertiary/aromatic N) is 4.